The zero-order valence-electron chi connectivity index (χ0n) is 18.1. The normalized spacial score (nSPS) is 10.7. The lowest BCUT2D eigenvalue weighted by atomic mass is 10.1. The van der Waals surface area contributed by atoms with Gasteiger partial charge < -0.3 is 19.5 Å². The number of nitrogens with one attached hydrogen (secondary N) is 1. The van der Waals surface area contributed by atoms with Gasteiger partial charge in [0.05, 0.1) is 19.9 Å². The van der Waals surface area contributed by atoms with Crippen molar-refractivity contribution in [2.45, 2.75) is 13.0 Å². The molecule has 0 bridgehead atoms. The number of benzene rings is 3. The van der Waals surface area contributed by atoms with Crippen molar-refractivity contribution < 1.29 is 14.2 Å². The summed E-state index contributed by atoms with van der Waals surface area (Å²) in [5.74, 6) is 2.16. The summed E-state index contributed by atoms with van der Waals surface area (Å²) in [6, 6.07) is 23.8. The zero-order chi connectivity index (χ0) is 22.2. The van der Waals surface area contributed by atoms with Crippen molar-refractivity contribution in [2.75, 3.05) is 20.8 Å². The highest BCUT2D eigenvalue weighted by Crippen LogP contribution is 2.27. The molecule has 0 saturated carbocycles. The second-order valence-electron chi connectivity index (χ2n) is 7.07. The molecule has 0 aliphatic carbocycles. The topological polar surface area (TPSA) is 83.3 Å². The van der Waals surface area contributed by atoms with E-state index in [-0.39, 0.29) is 0 Å². The van der Waals surface area contributed by atoms with Crippen LogP contribution in [0.5, 0.6) is 23.3 Å². The number of methoxy groups -OCH3 is 2. The summed E-state index contributed by atoms with van der Waals surface area (Å²) in [6.07, 6.45) is 0.877. The molecule has 0 spiro atoms. The van der Waals surface area contributed by atoms with Crippen LogP contribution in [0.15, 0.2) is 72.8 Å². The summed E-state index contributed by atoms with van der Waals surface area (Å²) in [6.45, 7) is 1.54. The van der Waals surface area contributed by atoms with Gasteiger partial charge in [0.15, 0.2) is 11.5 Å². The highest BCUT2D eigenvalue weighted by molar-refractivity contribution is 5.43. The maximum atomic E-state index is 5.94. The van der Waals surface area contributed by atoms with Crippen molar-refractivity contribution in [1.82, 2.24) is 25.5 Å². The maximum absolute atomic E-state index is 5.94. The Labute approximate surface area is 186 Å². The minimum atomic E-state index is 0.315. The molecule has 3 aromatic carbocycles. The highest BCUT2D eigenvalue weighted by atomic mass is 16.5. The number of hydrogen-bond acceptors (Lipinski definition) is 7. The molecule has 1 aromatic heterocycles. The second kappa shape index (κ2) is 10.4. The molecule has 0 saturated heterocycles. The average Bonchev–Trinajstić information content (AvgIpc) is 3.30. The Morgan fingerprint density at radius 1 is 0.844 bits per heavy atom. The van der Waals surface area contributed by atoms with Gasteiger partial charge in [-0.1, -0.05) is 41.5 Å². The van der Waals surface area contributed by atoms with Crippen LogP contribution < -0.4 is 19.5 Å². The van der Waals surface area contributed by atoms with Gasteiger partial charge in [-0.05, 0) is 70.9 Å². The van der Waals surface area contributed by atoms with E-state index in [0.717, 1.165) is 35.7 Å². The second-order valence-corrected chi connectivity index (χ2v) is 7.07. The number of rotatable bonds is 10. The van der Waals surface area contributed by atoms with E-state index >= 15 is 0 Å². The summed E-state index contributed by atoms with van der Waals surface area (Å²) in [4.78, 5) is 0. The van der Waals surface area contributed by atoms with Crippen molar-refractivity contribution in [2.24, 2.45) is 0 Å². The first kappa shape index (κ1) is 21.3. The van der Waals surface area contributed by atoms with Crippen LogP contribution in [0.25, 0.3) is 5.69 Å². The Balaban J connectivity index is 1.33. The van der Waals surface area contributed by atoms with Crippen molar-refractivity contribution in [3.05, 3.63) is 83.9 Å². The van der Waals surface area contributed by atoms with Gasteiger partial charge in [-0.15, -0.1) is 0 Å². The Hall–Kier alpha value is -3.91. The fourth-order valence-corrected chi connectivity index (χ4v) is 3.30. The van der Waals surface area contributed by atoms with Crippen LogP contribution in [-0.2, 0) is 13.0 Å². The lowest BCUT2D eigenvalue weighted by Gasteiger charge is -2.11. The molecule has 0 unspecified atom stereocenters. The average molecular weight is 431 g/mol. The summed E-state index contributed by atoms with van der Waals surface area (Å²) >= 11 is 0. The number of hydrogen-bond donors (Lipinski definition) is 1. The van der Waals surface area contributed by atoms with E-state index in [9.17, 15) is 0 Å². The van der Waals surface area contributed by atoms with Gasteiger partial charge in [0, 0.05) is 6.54 Å². The molecule has 32 heavy (non-hydrogen) atoms. The van der Waals surface area contributed by atoms with Crippen LogP contribution in [0.1, 0.15) is 11.1 Å². The lowest BCUT2D eigenvalue weighted by molar-refractivity contribution is 0.354. The predicted molar refractivity (Wildman–Crippen MR) is 121 cm³/mol. The Morgan fingerprint density at radius 3 is 2.50 bits per heavy atom. The molecule has 0 amide bonds. The highest BCUT2D eigenvalue weighted by Gasteiger charge is 2.11. The first-order valence-electron chi connectivity index (χ1n) is 10.3. The molecule has 0 radical (unpaired) electrons. The van der Waals surface area contributed by atoms with Gasteiger partial charge in [0.1, 0.15) is 5.75 Å². The molecule has 8 nitrogen and oxygen atoms in total. The molecule has 0 atom stereocenters. The molecule has 4 rings (SSSR count). The third kappa shape index (κ3) is 5.22. The number of ether oxygens (including phenoxy) is 3. The van der Waals surface area contributed by atoms with E-state index in [4.69, 9.17) is 14.2 Å². The summed E-state index contributed by atoms with van der Waals surface area (Å²) < 4.78 is 18.2. The monoisotopic (exact) mass is 431 g/mol. The smallest absolute Gasteiger partial charge is 0.345 e. The van der Waals surface area contributed by atoms with Gasteiger partial charge in [0.25, 0.3) is 0 Å². The van der Waals surface area contributed by atoms with E-state index in [1.807, 2.05) is 60.7 Å². The number of nitrogens with zero attached hydrogens (tertiary/aromatic N) is 4. The minimum Gasteiger partial charge on any atom is -0.493 e. The fourth-order valence-electron chi connectivity index (χ4n) is 3.30. The van der Waals surface area contributed by atoms with Crippen molar-refractivity contribution in [3.8, 4) is 28.9 Å². The van der Waals surface area contributed by atoms with Crippen LogP contribution in [0.4, 0.5) is 0 Å². The number of tetrazole rings is 1. The van der Waals surface area contributed by atoms with Gasteiger partial charge in [-0.2, -0.15) is 4.68 Å². The van der Waals surface area contributed by atoms with Crippen LogP contribution >= 0.6 is 0 Å². The van der Waals surface area contributed by atoms with Gasteiger partial charge in [-0.3, -0.25) is 0 Å². The number of para-hydroxylation sites is 1. The van der Waals surface area contributed by atoms with Crippen LogP contribution in [0.2, 0.25) is 0 Å². The predicted octanol–water partition coefficient (Wildman–Crippen LogP) is 3.80. The fraction of sp³-hybridized carbons (Fsp3) is 0.208. The molecule has 1 N–H and O–H groups in total. The third-order valence-electron chi connectivity index (χ3n) is 4.92. The largest absolute Gasteiger partial charge is 0.493 e. The van der Waals surface area contributed by atoms with Crippen molar-refractivity contribution >= 4 is 0 Å². The third-order valence-corrected chi connectivity index (χ3v) is 4.92. The molecule has 0 aliphatic heterocycles. The van der Waals surface area contributed by atoms with Gasteiger partial charge in [0.2, 0.25) is 0 Å². The van der Waals surface area contributed by atoms with Gasteiger partial charge in [-0.25, -0.2) is 0 Å². The zero-order valence-corrected chi connectivity index (χ0v) is 18.1. The maximum Gasteiger partial charge on any atom is 0.345 e. The molecule has 4 aromatic rings. The van der Waals surface area contributed by atoms with E-state index in [1.165, 1.54) is 5.56 Å². The SMILES string of the molecule is COc1ccc(CCNCc2cccc(Oc3nnnn3-c3ccccc3)c2)cc1OC. The molecular formula is C24H25N5O3. The first-order valence-corrected chi connectivity index (χ1v) is 10.3. The van der Waals surface area contributed by atoms with E-state index in [0.29, 0.717) is 18.3 Å². The van der Waals surface area contributed by atoms with Crippen molar-refractivity contribution in [3.63, 3.8) is 0 Å². The summed E-state index contributed by atoms with van der Waals surface area (Å²) in [5.41, 5.74) is 3.12. The first-order chi connectivity index (χ1) is 15.8. The standard InChI is InChI=1S/C24H25N5O3/c1-30-22-12-11-18(16-23(22)31-2)13-14-25-17-19-7-6-10-21(15-19)32-24-26-27-28-29(24)20-8-4-3-5-9-20/h3-12,15-16,25H,13-14,17H2,1-2H3. The molecule has 0 fully saturated rings. The quantitative estimate of drug-likeness (QED) is 0.382. The van der Waals surface area contributed by atoms with Crippen LogP contribution in [0.3, 0.4) is 0 Å². The summed E-state index contributed by atoms with van der Waals surface area (Å²) in [5, 5.41) is 15.2. The summed E-state index contributed by atoms with van der Waals surface area (Å²) in [7, 11) is 3.28. The Morgan fingerprint density at radius 2 is 1.69 bits per heavy atom. The minimum absolute atomic E-state index is 0.315. The molecule has 164 valence electrons. The van der Waals surface area contributed by atoms with E-state index < -0.39 is 0 Å². The molecular weight excluding hydrogens is 406 g/mol. The lowest BCUT2D eigenvalue weighted by Crippen LogP contribution is -2.16. The molecule has 8 heteroatoms. The van der Waals surface area contributed by atoms with Gasteiger partial charge >= 0.3 is 6.01 Å². The number of aromatic nitrogens is 4. The Kier molecular flexibility index (Phi) is 6.94. The Bertz CT molecular complexity index is 1150. The van der Waals surface area contributed by atoms with Crippen molar-refractivity contribution in [1.29, 1.82) is 0 Å². The molecule has 0 aliphatic rings. The van der Waals surface area contributed by atoms with E-state index in [2.05, 4.69) is 33.0 Å². The van der Waals surface area contributed by atoms with Crippen LogP contribution in [0, 0.1) is 0 Å². The van der Waals surface area contributed by atoms with Crippen LogP contribution in [-0.4, -0.2) is 41.0 Å². The van der Waals surface area contributed by atoms with E-state index in [1.54, 1.807) is 18.9 Å². The molecule has 1 heterocycles.